The molecule has 12 heteroatoms. The molecule has 4 aromatic carbocycles. The smallest absolute Gasteiger partial charge is 0.264 e. The fourth-order valence-corrected chi connectivity index (χ4v) is 6.79. The molecule has 0 aliphatic carbocycles. The number of carbonyl (C=O) groups excluding carboxylic acids is 2. The van der Waals surface area contributed by atoms with Gasteiger partial charge in [0.2, 0.25) is 11.8 Å². The average Bonchev–Trinajstić information content (AvgIpc) is 3.01. The maximum Gasteiger partial charge on any atom is 0.264 e. The van der Waals surface area contributed by atoms with Crippen molar-refractivity contribution in [1.82, 2.24) is 10.2 Å². The molecule has 1 unspecified atom stereocenters. The molecular weight excluding hydrogens is 664 g/mol. The molecule has 1 atom stereocenters. The maximum atomic E-state index is 14.4. The highest BCUT2D eigenvalue weighted by Gasteiger charge is 2.35. The summed E-state index contributed by atoms with van der Waals surface area (Å²) in [6.07, 6.45) is 0.163. The highest BCUT2D eigenvalue weighted by atomic mass is 35.5. The third-order valence-electron chi connectivity index (χ3n) is 6.94. The lowest BCUT2D eigenvalue weighted by Gasteiger charge is -2.34. The van der Waals surface area contributed by atoms with Crippen LogP contribution in [-0.2, 0) is 32.6 Å². The van der Waals surface area contributed by atoms with Crippen LogP contribution in [0.1, 0.15) is 16.7 Å². The first-order valence-electron chi connectivity index (χ1n) is 13.4. The first kappa shape index (κ1) is 33.6. The molecule has 4 aromatic rings. The molecule has 0 radical (unpaired) electrons. The quantitative estimate of drug-likeness (QED) is 0.180. The van der Waals surface area contributed by atoms with Gasteiger partial charge in [0.25, 0.3) is 10.0 Å². The van der Waals surface area contributed by atoms with Gasteiger partial charge in [0.15, 0.2) is 0 Å². The summed E-state index contributed by atoms with van der Waals surface area (Å²) >= 11 is 25.2. The van der Waals surface area contributed by atoms with Crippen molar-refractivity contribution >= 4 is 73.9 Å². The van der Waals surface area contributed by atoms with Gasteiger partial charge in [-0.25, -0.2) is 8.42 Å². The SMILES string of the molecule is CNC(=O)C(Cc1ccccc1)N(Cc1ccc(Cl)c(Cl)c1)C(=O)CN(c1cccc(Cl)c1Cl)S(=O)(=O)c1ccc(C)cc1. The molecule has 44 heavy (non-hydrogen) atoms. The second-order valence-electron chi connectivity index (χ2n) is 9.99. The molecule has 0 aliphatic heterocycles. The van der Waals surface area contributed by atoms with Crippen molar-refractivity contribution < 1.29 is 18.0 Å². The highest BCUT2D eigenvalue weighted by Crippen LogP contribution is 2.36. The Morgan fingerprint density at radius 1 is 0.795 bits per heavy atom. The number of nitrogens with zero attached hydrogens (tertiary/aromatic N) is 2. The van der Waals surface area contributed by atoms with Crippen LogP contribution in [0.5, 0.6) is 0 Å². The Kier molecular flexibility index (Phi) is 11.2. The molecule has 0 spiro atoms. The number of likely N-dealkylation sites (N-methyl/N-ethyl adjacent to an activating group) is 1. The van der Waals surface area contributed by atoms with Gasteiger partial charge in [-0.2, -0.15) is 0 Å². The largest absolute Gasteiger partial charge is 0.357 e. The zero-order chi connectivity index (χ0) is 32.0. The lowest BCUT2D eigenvalue weighted by atomic mass is 10.0. The minimum absolute atomic E-state index is 0.0159. The van der Waals surface area contributed by atoms with Crippen LogP contribution in [0.2, 0.25) is 20.1 Å². The van der Waals surface area contributed by atoms with E-state index in [0.717, 1.165) is 15.4 Å². The van der Waals surface area contributed by atoms with E-state index >= 15 is 0 Å². The van der Waals surface area contributed by atoms with Gasteiger partial charge in [0, 0.05) is 20.0 Å². The molecule has 0 aliphatic rings. The van der Waals surface area contributed by atoms with E-state index in [1.54, 1.807) is 36.4 Å². The number of hydrogen-bond acceptors (Lipinski definition) is 4. The summed E-state index contributed by atoms with van der Waals surface area (Å²) in [5.74, 6) is -1.09. The van der Waals surface area contributed by atoms with E-state index in [4.69, 9.17) is 46.4 Å². The van der Waals surface area contributed by atoms with E-state index in [1.165, 1.54) is 36.2 Å². The van der Waals surface area contributed by atoms with Gasteiger partial charge in [-0.3, -0.25) is 13.9 Å². The molecule has 1 N–H and O–H groups in total. The Balaban J connectivity index is 1.83. The maximum absolute atomic E-state index is 14.4. The van der Waals surface area contributed by atoms with Crippen molar-refractivity contribution in [3.8, 4) is 0 Å². The number of halogens is 4. The Labute approximate surface area is 277 Å². The summed E-state index contributed by atoms with van der Waals surface area (Å²) in [6, 6.07) is 23.8. The van der Waals surface area contributed by atoms with Crippen LogP contribution >= 0.6 is 46.4 Å². The Morgan fingerprint density at radius 2 is 1.48 bits per heavy atom. The minimum Gasteiger partial charge on any atom is -0.357 e. The van der Waals surface area contributed by atoms with E-state index in [0.29, 0.717) is 10.6 Å². The van der Waals surface area contributed by atoms with Crippen molar-refractivity contribution in [3.63, 3.8) is 0 Å². The monoisotopic (exact) mass is 691 g/mol. The van der Waals surface area contributed by atoms with E-state index in [1.807, 2.05) is 37.3 Å². The topological polar surface area (TPSA) is 86.8 Å². The lowest BCUT2D eigenvalue weighted by Crippen LogP contribution is -2.53. The van der Waals surface area contributed by atoms with Crippen molar-refractivity contribution in [2.45, 2.75) is 30.8 Å². The van der Waals surface area contributed by atoms with Gasteiger partial charge in [-0.15, -0.1) is 0 Å². The number of sulfonamides is 1. The minimum atomic E-state index is -4.33. The van der Waals surface area contributed by atoms with Crippen LogP contribution in [-0.4, -0.2) is 44.8 Å². The van der Waals surface area contributed by atoms with Gasteiger partial charge in [0.05, 0.1) is 30.7 Å². The van der Waals surface area contributed by atoms with E-state index < -0.39 is 34.4 Å². The van der Waals surface area contributed by atoms with Gasteiger partial charge in [-0.1, -0.05) is 107 Å². The van der Waals surface area contributed by atoms with Crippen LogP contribution in [0.15, 0.2) is 95.9 Å². The average molecular weight is 693 g/mol. The second-order valence-corrected chi connectivity index (χ2v) is 13.4. The number of amides is 2. The highest BCUT2D eigenvalue weighted by molar-refractivity contribution is 7.92. The molecule has 0 heterocycles. The Morgan fingerprint density at radius 3 is 2.11 bits per heavy atom. The number of carbonyl (C=O) groups is 2. The molecule has 0 saturated carbocycles. The predicted molar refractivity (Wildman–Crippen MR) is 177 cm³/mol. The lowest BCUT2D eigenvalue weighted by molar-refractivity contribution is -0.139. The second kappa shape index (κ2) is 14.7. The molecule has 0 bridgehead atoms. The zero-order valence-corrected chi connectivity index (χ0v) is 27.6. The third kappa shape index (κ3) is 7.86. The standard InChI is InChI=1S/C32H29Cl4N3O4S/c1-21-11-14-24(15-12-21)44(42,43)39(28-10-6-9-26(34)31(28)36)20-30(40)38(19-23-13-16-25(33)27(35)17-23)29(32(41)37-2)18-22-7-4-3-5-8-22/h3-17,29H,18-20H2,1-2H3,(H,37,41). The summed E-state index contributed by atoms with van der Waals surface area (Å²) in [7, 11) is -2.86. The van der Waals surface area contributed by atoms with Gasteiger partial charge in [0.1, 0.15) is 12.6 Å². The van der Waals surface area contributed by atoms with Crippen molar-refractivity contribution in [1.29, 1.82) is 0 Å². The third-order valence-corrected chi connectivity index (χ3v) is 10.3. The summed E-state index contributed by atoms with van der Waals surface area (Å²) in [5.41, 5.74) is 2.26. The van der Waals surface area contributed by atoms with Crippen LogP contribution in [0.4, 0.5) is 5.69 Å². The molecule has 7 nitrogen and oxygen atoms in total. The normalized spacial score (nSPS) is 12.0. The fourth-order valence-electron chi connectivity index (χ4n) is 4.59. The number of nitrogens with one attached hydrogen (secondary N) is 1. The van der Waals surface area contributed by atoms with Crippen molar-refractivity contribution in [3.05, 3.63) is 128 Å². The summed E-state index contributed by atoms with van der Waals surface area (Å²) in [6.45, 7) is 1.08. The van der Waals surface area contributed by atoms with Crippen LogP contribution < -0.4 is 9.62 Å². The Hall–Kier alpha value is -3.27. The number of rotatable bonds is 11. The van der Waals surface area contributed by atoms with E-state index in [2.05, 4.69) is 5.32 Å². The summed E-state index contributed by atoms with van der Waals surface area (Å²) in [5, 5.41) is 3.30. The number of aryl methyl sites for hydroxylation is 1. The molecule has 2 amide bonds. The van der Waals surface area contributed by atoms with Crippen LogP contribution in [0.25, 0.3) is 0 Å². The molecule has 0 saturated heterocycles. The first-order chi connectivity index (χ1) is 20.9. The molecule has 230 valence electrons. The number of benzene rings is 4. The van der Waals surface area contributed by atoms with E-state index in [-0.39, 0.29) is 38.6 Å². The van der Waals surface area contributed by atoms with Crippen molar-refractivity contribution in [2.75, 3.05) is 17.9 Å². The summed E-state index contributed by atoms with van der Waals surface area (Å²) < 4.78 is 29.1. The molecule has 0 aromatic heterocycles. The molecule has 0 fully saturated rings. The van der Waals surface area contributed by atoms with Crippen LogP contribution in [0, 0.1) is 6.92 Å². The summed E-state index contributed by atoms with van der Waals surface area (Å²) in [4.78, 5) is 29.0. The van der Waals surface area contributed by atoms with Gasteiger partial charge >= 0.3 is 0 Å². The fraction of sp³-hybridized carbons (Fsp3) is 0.188. The van der Waals surface area contributed by atoms with Crippen molar-refractivity contribution in [2.24, 2.45) is 0 Å². The first-order valence-corrected chi connectivity index (χ1v) is 16.4. The number of hydrogen-bond donors (Lipinski definition) is 1. The van der Waals surface area contributed by atoms with Gasteiger partial charge in [-0.05, 0) is 54.4 Å². The van der Waals surface area contributed by atoms with Crippen LogP contribution in [0.3, 0.4) is 0 Å². The number of anilines is 1. The zero-order valence-electron chi connectivity index (χ0n) is 23.8. The Bertz CT molecular complexity index is 1750. The predicted octanol–water partition coefficient (Wildman–Crippen LogP) is 7.19. The molecule has 4 rings (SSSR count). The van der Waals surface area contributed by atoms with E-state index in [9.17, 15) is 18.0 Å². The molecular formula is C32H29Cl4N3O4S. The van der Waals surface area contributed by atoms with Gasteiger partial charge < -0.3 is 10.2 Å².